The van der Waals surface area contributed by atoms with E-state index in [1.165, 1.54) is 12.1 Å². The Bertz CT molecular complexity index is 383. The van der Waals surface area contributed by atoms with Crippen molar-refractivity contribution in [2.45, 2.75) is 38.1 Å². The summed E-state index contributed by atoms with van der Waals surface area (Å²) >= 11 is 0. The summed E-state index contributed by atoms with van der Waals surface area (Å²) in [4.78, 5) is 0. The third-order valence-electron chi connectivity index (χ3n) is 3.37. The number of rotatable bonds is 1. The molecule has 0 spiro atoms. The van der Waals surface area contributed by atoms with Crippen LogP contribution in [0.4, 0.5) is 4.39 Å². The maximum atomic E-state index is 13.4. The Labute approximate surface area is 88.9 Å². The summed E-state index contributed by atoms with van der Waals surface area (Å²) in [5.41, 5.74) is 6.78. The molecule has 2 nitrogen and oxygen atoms in total. The minimum absolute atomic E-state index is 0.123. The second-order valence-electron chi connectivity index (χ2n) is 4.43. The lowest BCUT2D eigenvalue weighted by molar-refractivity contribution is 0.403. The van der Waals surface area contributed by atoms with Gasteiger partial charge in [-0.15, -0.1) is 0 Å². The molecule has 1 aliphatic rings. The average molecular weight is 209 g/mol. The maximum absolute atomic E-state index is 13.4. The molecular formula is C12H16FNO. The molecule has 0 radical (unpaired) electrons. The first-order valence-corrected chi connectivity index (χ1v) is 5.32. The molecule has 1 aliphatic carbocycles. The van der Waals surface area contributed by atoms with Gasteiger partial charge in [0.2, 0.25) is 0 Å². The second kappa shape index (κ2) is 3.49. The Hall–Kier alpha value is -1.09. The number of halogens is 1. The quantitative estimate of drug-likeness (QED) is 0.746. The molecule has 0 unspecified atom stereocenters. The SMILES string of the molecule is Cc1c(F)ccc(O)c1C1(N)CCCC1. The van der Waals surface area contributed by atoms with Crippen molar-refractivity contribution in [1.82, 2.24) is 0 Å². The minimum atomic E-state index is -0.531. The van der Waals surface area contributed by atoms with Crippen LogP contribution < -0.4 is 5.73 Å². The topological polar surface area (TPSA) is 46.2 Å². The van der Waals surface area contributed by atoms with Crippen LogP contribution in [0, 0.1) is 12.7 Å². The van der Waals surface area contributed by atoms with E-state index in [0.29, 0.717) is 11.1 Å². The summed E-state index contributed by atoms with van der Waals surface area (Å²) in [6, 6.07) is 2.68. The van der Waals surface area contributed by atoms with E-state index in [4.69, 9.17) is 5.73 Å². The predicted octanol–water partition coefficient (Wildman–Crippen LogP) is 2.57. The van der Waals surface area contributed by atoms with Crippen molar-refractivity contribution in [3.05, 3.63) is 29.1 Å². The number of hydrogen-bond acceptors (Lipinski definition) is 2. The van der Waals surface area contributed by atoms with Crippen LogP contribution in [0.5, 0.6) is 5.75 Å². The third-order valence-corrected chi connectivity index (χ3v) is 3.37. The zero-order valence-electron chi connectivity index (χ0n) is 8.89. The molecule has 0 aromatic heterocycles. The Balaban J connectivity index is 2.55. The van der Waals surface area contributed by atoms with E-state index in [1.54, 1.807) is 6.92 Å². The lowest BCUT2D eigenvalue weighted by atomic mass is 9.85. The van der Waals surface area contributed by atoms with E-state index in [1.807, 2.05) is 0 Å². The molecule has 82 valence electrons. The summed E-state index contributed by atoms with van der Waals surface area (Å²) in [6.45, 7) is 1.68. The van der Waals surface area contributed by atoms with Gasteiger partial charge in [0.25, 0.3) is 0 Å². The summed E-state index contributed by atoms with van der Waals surface area (Å²) in [6.07, 6.45) is 3.74. The highest BCUT2D eigenvalue weighted by Crippen LogP contribution is 2.42. The molecule has 1 saturated carbocycles. The lowest BCUT2D eigenvalue weighted by Gasteiger charge is -2.27. The van der Waals surface area contributed by atoms with Crippen molar-refractivity contribution in [2.75, 3.05) is 0 Å². The highest BCUT2D eigenvalue weighted by Gasteiger charge is 2.35. The predicted molar refractivity (Wildman–Crippen MR) is 57.1 cm³/mol. The highest BCUT2D eigenvalue weighted by atomic mass is 19.1. The van der Waals surface area contributed by atoms with Crippen LogP contribution in [0.25, 0.3) is 0 Å². The van der Waals surface area contributed by atoms with Gasteiger partial charge in [-0.05, 0) is 37.5 Å². The molecule has 1 fully saturated rings. The van der Waals surface area contributed by atoms with Gasteiger partial charge in [-0.3, -0.25) is 0 Å². The molecule has 0 atom stereocenters. The van der Waals surface area contributed by atoms with E-state index >= 15 is 0 Å². The first-order chi connectivity index (χ1) is 7.04. The van der Waals surface area contributed by atoms with E-state index < -0.39 is 5.54 Å². The fraction of sp³-hybridized carbons (Fsp3) is 0.500. The van der Waals surface area contributed by atoms with Crippen molar-refractivity contribution in [3.63, 3.8) is 0 Å². The normalized spacial score (nSPS) is 19.4. The summed E-state index contributed by atoms with van der Waals surface area (Å²) in [5.74, 6) is -0.169. The first kappa shape index (κ1) is 10.4. The first-order valence-electron chi connectivity index (χ1n) is 5.32. The molecule has 3 N–H and O–H groups in total. The molecule has 0 aliphatic heterocycles. The highest BCUT2D eigenvalue weighted by molar-refractivity contribution is 5.45. The van der Waals surface area contributed by atoms with Gasteiger partial charge in [-0.2, -0.15) is 0 Å². The molecule has 1 aromatic carbocycles. The summed E-state index contributed by atoms with van der Waals surface area (Å²) in [7, 11) is 0. The van der Waals surface area contributed by atoms with Gasteiger partial charge in [0.05, 0.1) is 0 Å². The zero-order chi connectivity index (χ0) is 11.1. The summed E-state index contributed by atoms with van der Waals surface area (Å²) in [5, 5.41) is 9.79. The monoisotopic (exact) mass is 209 g/mol. The van der Waals surface area contributed by atoms with E-state index in [-0.39, 0.29) is 11.6 Å². The largest absolute Gasteiger partial charge is 0.508 e. The van der Waals surface area contributed by atoms with Crippen LogP contribution in [-0.2, 0) is 5.54 Å². The van der Waals surface area contributed by atoms with Gasteiger partial charge in [0.15, 0.2) is 0 Å². The van der Waals surface area contributed by atoms with Crippen LogP contribution in [-0.4, -0.2) is 5.11 Å². The van der Waals surface area contributed by atoms with Gasteiger partial charge in [-0.25, -0.2) is 4.39 Å². The Morgan fingerprint density at radius 3 is 2.53 bits per heavy atom. The number of benzene rings is 1. The number of phenols is 1. The molecular weight excluding hydrogens is 193 g/mol. The van der Waals surface area contributed by atoms with Crippen LogP contribution in [0.15, 0.2) is 12.1 Å². The molecule has 0 amide bonds. The van der Waals surface area contributed by atoms with Gasteiger partial charge < -0.3 is 10.8 Å². The second-order valence-corrected chi connectivity index (χ2v) is 4.43. The zero-order valence-corrected chi connectivity index (χ0v) is 8.89. The molecule has 0 saturated heterocycles. The number of hydrogen-bond donors (Lipinski definition) is 2. The smallest absolute Gasteiger partial charge is 0.126 e. The summed E-state index contributed by atoms with van der Waals surface area (Å²) < 4.78 is 13.4. The van der Waals surface area contributed by atoms with Crippen LogP contribution in [0.2, 0.25) is 0 Å². The average Bonchev–Trinajstić information content (AvgIpc) is 2.60. The lowest BCUT2D eigenvalue weighted by Crippen LogP contribution is -2.34. The molecule has 1 aromatic rings. The van der Waals surface area contributed by atoms with Gasteiger partial charge in [0, 0.05) is 11.1 Å². The van der Waals surface area contributed by atoms with Crippen molar-refractivity contribution in [2.24, 2.45) is 5.73 Å². The third kappa shape index (κ3) is 1.61. The standard InChI is InChI=1S/C12H16FNO/c1-8-9(13)4-5-10(15)11(8)12(14)6-2-3-7-12/h4-5,15H,2-3,6-7,14H2,1H3. The van der Waals surface area contributed by atoms with Gasteiger partial charge in [0.1, 0.15) is 11.6 Å². The maximum Gasteiger partial charge on any atom is 0.126 e. The van der Waals surface area contributed by atoms with Crippen molar-refractivity contribution < 1.29 is 9.50 Å². The van der Waals surface area contributed by atoms with Gasteiger partial charge in [-0.1, -0.05) is 12.8 Å². The van der Waals surface area contributed by atoms with Crippen LogP contribution >= 0.6 is 0 Å². The van der Waals surface area contributed by atoms with Crippen LogP contribution in [0.3, 0.4) is 0 Å². The minimum Gasteiger partial charge on any atom is -0.508 e. The Morgan fingerprint density at radius 1 is 1.33 bits per heavy atom. The molecule has 15 heavy (non-hydrogen) atoms. The van der Waals surface area contributed by atoms with E-state index in [2.05, 4.69) is 0 Å². The Kier molecular flexibility index (Phi) is 2.43. The number of aromatic hydroxyl groups is 1. The number of phenolic OH excluding ortho intramolecular Hbond substituents is 1. The van der Waals surface area contributed by atoms with Gasteiger partial charge >= 0.3 is 0 Å². The van der Waals surface area contributed by atoms with E-state index in [0.717, 1.165) is 25.7 Å². The van der Waals surface area contributed by atoms with E-state index in [9.17, 15) is 9.50 Å². The Morgan fingerprint density at radius 2 is 1.93 bits per heavy atom. The van der Waals surface area contributed by atoms with Crippen LogP contribution in [0.1, 0.15) is 36.8 Å². The van der Waals surface area contributed by atoms with Crippen molar-refractivity contribution in [1.29, 1.82) is 0 Å². The van der Waals surface area contributed by atoms with Crippen molar-refractivity contribution >= 4 is 0 Å². The molecule has 2 rings (SSSR count). The molecule has 0 bridgehead atoms. The fourth-order valence-electron chi connectivity index (χ4n) is 2.56. The molecule has 3 heteroatoms. The number of nitrogens with two attached hydrogens (primary N) is 1. The molecule has 0 heterocycles. The van der Waals surface area contributed by atoms with Crippen molar-refractivity contribution in [3.8, 4) is 5.75 Å². The fourth-order valence-corrected chi connectivity index (χ4v) is 2.56.